The van der Waals surface area contributed by atoms with E-state index in [1.165, 1.54) is 0 Å². The first-order valence-corrected chi connectivity index (χ1v) is 9.43. The SMILES string of the molecule is C[C@@H]1CN(C(=O)CN2CCC[C@@H]2C[C@H](O)c2ccccc2)C[C@H](C)O1. The van der Waals surface area contributed by atoms with Gasteiger partial charge in [0.15, 0.2) is 0 Å². The lowest BCUT2D eigenvalue weighted by atomic mass is 10.0. The molecule has 0 aliphatic carbocycles. The Morgan fingerprint density at radius 1 is 1.24 bits per heavy atom. The Hall–Kier alpha value is -1.43. The maximum Gasteiger partial charge on any atom is 0.236 e. The fraction of sp³-hybridized carbons (Fsp3) is 0.650. The molecule has 0 saturated carbocycles. The molecule has 25 heavy (non-hydrogen) atoms. The normalized spacial score (nSPS) is 28.9. The number of likely N-dealkylation sites (tertiary alicyclic amines) is 1. The smallest absolute Gasteiger partial charge is 0.236 e. The van der Waals surface area contributed by atoms with E-state index in [0.717, 1.165) is 24.9 Å². The molecule has 4 atom stereocenters. The van der Waals surface area contributed by atoms with Crippen molar-refractivity contribution in [3.8, 4) is 0 Å². The van der Waals surface area contributed by atoms with Crippen molar-refractivity contribution in [1.29, 1.82) is 0 Å². The molecular weight excluding hydrogens is 316 g/mol. The van der Waals surface area contributed by atoms with Gasteiger partial charge in [0.2, 0.25) is 5.91 Å². The lowest BCUT2D eigenvalue weighted by molar-refractivity contribution is -0.144. The fourth-order valence-corrected chi connectivity index (χ4v) is 4.09. The van der Waals surface area contributed by atoms with Crippen LogP contribution in [0.1, 0.15) is 44.8 Å². The summed E-state index contributed by atoms with van der Waals surface area (Å²) < 4.78 is 5.72. The first-order chi connectivity index (χ1) is 12.0. The Balaban J connectivity index is 1.55. The summed E-state index contributed by atoms with van der Waals surface area (Å²) in [6, 6.07) is 10.1. The van der Waals surface area contributed by atoms with Crippen LogP contribution in [0.25, 0.3) is 0 Å². The summed E-state index contributed by atoms with van der Waals surface area (Å²) >= 11 is 0. The molecule has 2 heterocycles. The highest BCUT2D eigenvalue weighted by atomic mass is 16.5. The first kappa shape index (κ1) is 18.4. The van der Waals surface area contributed by atoms with Crippen molar-refractivity contribution in [3.05, 3.63) is 35.9 Å². The summed E-state index contributed by atoms with van der Waals surface area (Å²) in [5, 5.41) is 10.5. The molecule has 2 fully saturated rings. The maximum atomic E-state index is 12.7. The van der Waals surface area contributed by atoms with Crippen LogP contribution in [0.5, 0.6) is 0 Å². The van der Waals surface area contributed by atoms with Crippen LogP contribution in [0.2, 0.25) is 0 Å². The van der Waals surface area contributed by atoms with Crippen LogP contribution in [-0.4, -0.2) is 65.2 Å². The largest absolute Gasteiger partial charge is 0.388 e. The van der Waals surface area contributed by atoms with Gasteiger partial charge in [0.25, 0.3) is 0 Å². The summed E-state index contributed by atoms with van der Waals surface area (Å²) in [4.78, 5) is 16.9. The van der Waals surface area contributed by atoms with Gasteiger partial charge in [-0.25, -0.2) is 0 Å². The molecule has 5 heteroatoms. The van der Waals surface area contributed by atoms with Crippen molar-refractivity contribution in [2.45, 2.75) is 57.5 Å². The van der Waals surface area contributed by atoms with Gasteiger partial charge < -0.3 is 14.7 Å². The van der Waals surface area contributed by atoms with Crippen molar-refractivity contribution < 1.29 is 14.6 Å². The number of carbonyl (C=O) groups is 1. The summed E-state index contributed by atoms with van der Waals surface area (Å²) in [6.45, 7) is 6.78. The van der Waals surface area contributed by atoms with Crippen molar-refractivity contribution in [3.63, 3.8) is 0 Å². The third-order valence-electron chi connectivity index (χ3n) is 5.29. The lowest BCUT2D eigenvalue weighted by Gasteiger charge is -2.37. The molecule has 0 bridgehead atoms. The molecular formula is C20H30N2O3. The number of amides is 1. The Morgan fingerprint density at radius 2 is 1.92 bits per heavy atom. The van der Waals surface area contributed by atoms with Crippen molar-refractivity contribution in [1.82, 2.24) is 9.80 Å². The number of rotatable bonds is 5. The van der Waals surface area contributed by atoms with E-state index < -0.39 is 6.10 Å². The third kappa shape index (κ3) is 4.81. The fourth-order valence-electron chi connectivity index (χ4n) is 4.09. The van der Waals surface area contributed by atoms with Gasteiger partial charge in [-0.2, -0.15) is 0 Å². The topological polar surface area (TPSA) is 53.0 Å². The van der Waals surface area contributed by atoms with Crippen molar-refractivity contribution in [2.75, 3.05) is 26.2 Å². The van der Waals surface area contributed by atoms with E-state index in [-0.39, 0.29) is 24.2 Å². The van der Waals surface area contributed by atoms with E-state index >= 15 is 0 Å². The van der Waals surface area contributed by atoms with Crippen LogP contribution in [0, 0.1) is 0 Å². The highest BCUT2D eigenvalue weighted by Crippen LogP contribution is 2.27. The predicted octanol–water partition coefficient (Wildman–Crippen LogP) is 2.21. The Kier molecular flexibility index (Phi) is 6.10. The van der Waals surface area contributed by atoms with E-state index in [0.29, 0.717) is 26.1 Å². The van der Waals surface area contributed by atoms with Crippen LogP contribution in [0.3, 0.4) is 0 Å². The van der Waals surface area contributed by atoms with Gasteiger partial charge in [-0.05, 0) is 45.2 Å². The van der Waals surface area contributed by atoms with Crippen LogP contribution in [-0.2, 0) is 9.53 Å². The zero-order valence-corrected chi connectivity index (χ0v) is 15.3. The molecule has 138 valence electrons. The van der Waals surface area contributed by atoms with Gasteiger partial charge in [-0.3, -0.25) is 9.69 Å². The van der Waals surface area contributed by atoms with Crippen LogP contribution >= 0.6 is 0 Å². The van der Waals surface area contributed by atoms with Gasteiger partial charge in [0.05, 0.1) is 24.9 Å². The van der Waals surface area contributed by atoms with Crippen LogP contribution < -0.4 is 0 Å². The zero-order chi connectivity index (χ0) is 17.8. The maximum absolute atomic E-state index is 12.7. The van der Waals surface area contributed by atoms with E-state index in [4.69, 9.17) is 4.74 Å². The van der Waals surface area contributed by atoms with Crippen LogP contribution in [0.4, 0.5) is 0 Å². The number of hydrogen-bond donors (Lipinski definition) is 1. The number of morpholine rings is 1. The third-order valence-corrected chi connectivity index (χ3v) is 5.29. The average molecular weight is 346 g/mol. The number of ether oxygens (including phenoxy) is 1. The minimum absolute atomic E-state index is 0.0991. The number of nitrogens with zero attached hydrogens (tertiary/aromatic N) is 2. The molecule has 1 N–H and O–H groups in total. The molecule has 2 aliphatic heterocycles. The second kappa shape index (κ2) is 8.30. The molecule has 0 unspecified atom stereocenters. The molecule has 0 radical (unpaired) electrons. The highest BCUT2D eigenvalue weighted by Gasteiger charge is 2.32. The summed E-state index contributed by atoms with van der Waals surface area (Å²) in [5.41, 5.74) is 0.955. The van der Waals surface area contributed by atoms with Crippen LogP contribution in [0.15, 0.2) is 30.3 Å². The number of carbonyl (C=O) groups excluding carboxylic acids is 1. The Labute approximate surface area is 150 Å². The molecule has 2 saturated heterocycles. The zero-order valence-electron chi connectivity index (χ0n) is 15.3. The highest BCUT2D eigenvalue weighted by molar-refractivity contribution is 5.78. The molecule has 1 amide bonds. The molecule has 2 aliphatic rings. The molecule has 1 aromatic carbocycles. The quantitative estimate of drug-likeness (QED) is 0.888. The minimum atomic E-state index is -0.467. The van der Waals surface area contributed by atoms with Gasteiger partial charge >= 0.3 is 0 Å². The van der Waals surface area contributed by atoms with E-state index in [9.17, 15) is 9.90 Å². The second-order valence-corrected chi connectivity index (χ2v) is 7.48. The van der Waals surface area contributed by atoms with E-state index in [1.807, 2.05) is 49.1 Å². The Bertz CT molecular complexity index is 555. The molecule has 3 rings (SSSR count). The number of aliphatic hydroxyl groups is 1. The van der Waals surface area contributed by atoms with Crippen molar-refractivity contribution in [2.24, 2.45) is 0 Å². The summed E-state index contributed by atoms with van der Waals surface area (Å²) in [7, 11) is 0. The Morgan fingerprint density at radius 3 is 2.60 bits per heavy atom. The lowest BCUT2D eigenvalue weighted by Crippen LogP contribution is -2.51. The molecule has 0 spiro atoms. The summed E-state index contributed by atoms with van der Waals surface area (Å²) in [6.07, 6.45) is 2.56. The van der Waals surface area contributed by atoms with Gasteiger partial charge in [0.1, 0.15) is 0 Å². The average Bonchev–Trinajstić information content (AvgIpc) is 3.01. The minimum Gasteiger partial charge on any atom is -0.388 e. The van der Waals surface area contributed by atoms with Crippen molar-refractivity contribution >= 4 is 5.91 Å². The number of benzene rings is 1. The van der Waals surface area contributed by atoms with E-state index in [2.05, 4.69) is 4.90 Å². The monoisotopic (exact) mass is 346 g/mol. The van der Waals surface area contributed by atoms with Gasteiger partial charge in [0, 0.05) is 19.1 Å². The first-order valence-electron chi connectivity index (χ1n) is 9.43. The van der Waals surface area contributed by atoms with Gasteiger partial charge in [-0.15, -0.1) is 0 Å². The number of aliphatic hydroxyl groups excluding tert-OH is 1. The molecule has 1 aromatic rings. The number of hydrogen-bond acceptors (Lipinski definition) is 4. The van der Waals surface area contributed by atoms with E-state index in [1.54, 1.807) is 0 Å². The molecule has 0 aromatic heterocycles. The summed E-state index contributed by atoms with van der Waals surface area (Å²) in [5.74, 6) is 0.183. The van der Waals surface area contributed by atoms with Gasteiger partial charge in [-0.1, -0.05) is 30.3 Å². The predicted molar refractivity (Wildman–Crippen MR) is 97.2 cm³/mol. The molecule has 5 nitrogen and oxygen atoms in total. The second-order valence-electron chi connectivity index (χ2n) is 7.48. The standard InChI is InChI=1S/C20H30N2O3/c1-15-12-22(13-16(2)25-15)20(24)14-21-10-6-9-18(21)11-19(23)17-7-4-3-5-8-17/h3-5,7-8,15-16,18-19,23H,6,9-14H2,1-2H3/t15-,16+,18-,19+/m1/s1.